The number of carbonyl (C=O) groups excluding carboxylic acids is 1. The standard InChI is InChI=1S/C13H19N3O3S/c1-9(17)11-10(12(18)19)14-13(20-11)15(2)7-8-16-5-3-4-6-16/h3-8H2,1-2H3,(H,18,19). The highest BCUT2D eigenvalue weighted by Crippen LogP contribution is 2.26. The summed E-state index contributed by atoms with van der Waals surface area (Å²) in [4.78, 5) is 31.2. The van der Waals surface area contributed by atoms with E-state index in [1.807, 2.05) is 11.9 Å². The molecule has 0 aliphatic carbocycles. The first kappa shape index (κ1) is 14.9. The number of aromatic nitrogens is 1. The van der Waals surface area contributed by atoms with Gasteiger partial charge in [0.05, 0.1) is 0 Å². The quantitative estimate of drug-likeness (QED) is 0.804. The Hall–Kier alpha value is -1.47. The Kier molecular flexibility index (Phi) is 4.72. The topological polar surface area (TPSA) is 73.7 Å². The minimum Gasteiger partial charge on any atom is -0.476 e. The molecule has 0 spiro atoms. The Morgan fingerprint density at radius 3 is 2.55 bits per heavy atom. The van der Waals surface area contributed by atoms with Gasteiger partial charge in [-0.05, 0) is 25.9 Å². The molecule has 0 atom stereocenters. The lowest BCUT2D eigenvalue weighted by Crippen LogP contribution is -2.31. The van der Waals surface area contributed by atoms with Crippen molar-refractivity contribution in [1.82, 2.24) is 9.88 Å². The second kappa shape index (κ2) is 6.32. The Balaban J connectivity index is 2.05. The Morgan fingerprint density at radius 2 is 2.05 bits per heavy atom. The summed E-state index contributed by atoms with van der Waals surface area (Å²) in [5, 5.41) is 9.67. The van der Waals surface area contributed by atoms with Gasteiger partial charge in [0.1, 0.15) is 4.88 Å². The second-order valence-corrected chi connectivity index (χ2v) is 5.98. The normalized spacial score (nSPS) is 15.5. The van der Waals surface area contributed by atoms with Crippen LogP contribution in [0, 0.1) is 0 Å². The van der Waals surface area contributed by atoms with E-state index in [2.05, 4.69) is 9.88 Å². The lowest BCUT2D eigenvalue weighted by Gasteiger charge is -2.20. The number of anilines is 1. The third-order valence-electron chi connectivity index (χ3n) is 3.42. The number of hydrogen-bond acceptors (Lipinski definition) is 6. The monoisotopic (exact) mass is 297 g/mol. The molecule has 1 aromatic rings. The van der Waals surface area contributed by atoms with E-state index in [0.717, 1.165) is 37.5 Å². The van der Waals surface area contributed by atoms with Gasteiger partial charge in [-0.1, -0.05) is 11.3 Å². The van der Waals surface area contributed by atoms with Gasteiger partial charge in [-0.2, -0.15) is 0 Å². The van der Waals surface area contributed by atoms with E-state index in [-0.39, 0.29) is 16.4 Å². The van der Waals surface area contributed by atoms with Gasteiger partial charge in [0.2, 0.25) is 0 Å². The first-order chi connectivity index (χ1) is 9.49. The number of likely N-dealkylation sites (tertiary alicyclic amines) is 1. The third kappa shape index (κ3) is 3.34. The molecule has 110 valence electrons. The van der Waals surface area contributed by atoms with E-state index in [9.17, 15) is 9.59 Å². The van der Waals surface area contributed by atoms with E-state index in [1.54, 1.807) is 0 Å². The van der Waals surface area contributed by atoms with Gasteiger partial charge in [0.25, 0.3) is 0 Å². The largest absolute Gasteiger partial charge is 0.476 e. The molecule has 1 aliphatic rings. The van der Waals surface area contributed by atoms with Crippen LogP contribution in [0.3, 0.4) is 0 Å². The highest BCUT2D eigenvalue weighted by Gasteiger charge is 2.22. The summed E-state index contributed by atoms with van der Waals surface area (Å²) in [5.74, 6) is -1.40. The van der Waals surface area contributed by atoms with Crippen molar-refractivity contribution in [1.29, 1.82) is 0 Å². The van der Waals surface area contributed by atoms with Gasteiger partial charge >= 0.3 is 5.97 Å². The number of thiazole rings is 1. The molecule has 7 heteroatoms. The Bertz CT molecular complexity index is 477. The van der Waals surface area contributed by atoms with Gasteiger partial charge in [-0.25, -0.2) is 9.78 Å². The molecule has 0 radical (unpaired) electrons. The summed E-state index contributed by atoms with van der Waals surface area (Å²) >= 11 is 1.15. The highest BCUT2D eigenvalue weighted by molar-refractivity contribution is 7.17. The minimum absolute atomic E-state index is 0.134. The molecule has 2 rings (SSSR count). The van der Waals surface area contributed by atoms with E-state index in [4.69, 9.17) is 5.11 Å². The van der Waals surface area contributed by atoms with Crippen LogP contribution in [-0.2, 0) is 0 Å². The molecule has 1 fully saturated rings. The smallest absolute Gasteiger partial charge is 0.356 e. The summed E-state index contributed by atoms with van der Waals surface area (Å²) in [6.45, 7) is 5.35. The molecule has 1 N–H and O–H groups in total. The molecular formula is C13H19N3O3S. The number of ketones is 1. The molecular weight excluding hydrogens is 278 g/mol. The molecule has 2 heterocycles. The van der Waals surface area contributed by atoms with Crippen molar-refractivity contribution in [3.8, 4) is 0 Å². The summed E-state index contributed by atoms with van der Waals surface area (Å²) < 4.78 is 0. The van der Waals surface area contributed by atoms with Gasteiger partial charge < -0.3 is 14.9 Å². The van der Waals surface area contributed by atoms with Crippen molar-refractivity contribution in [3.05, 3.63) is 10.6 Å². The van der Waals surface area contributed by atoms with Crippen molar-refractivity contribution in [2.24, 2.45) is 0 Å². The number of hydrogen-bond donors (Lipinski definition) is 1. The minimum atomic E-state index is -1.15. The number of carboxylic acid groups (broad SMARTS) is 1. The van der Waals surface area contributed by atoms with Crippen LogP contribution >= 0.6 is 11.3 Å². The molecule has 0 unspecified atom stereocenters. The fourth-order valence-corrected chi connectivity index (χ4v) is 3.19. The summed E-state index contributed by atoms with van der Waals surface area (Å²) in [5.41, 5.74) is -0.134. The SMILES string of the molecule is CC(=O)c1sc(N(C)CCN2CCCC2)nc1C(=O)O. The summed E-state index contributed by atoms with van der Waals surface area (Å²) in [6, 6.07) is 0. The maximum Gasteiger partial charge on any atom is 0.356 e. The second-order valence-electron chi connectivity index (χ2n) is 5.01. The van der Waals surface area contributed by atoms with E-state index < -0.39 is 5.97 Å². The number of aromatic carboxylic acids is 1. The fourth-order valence-electron chi connectivity index (χ4n) is 2.25. The summed E-state index contributed by atoms with van der Waals surface area (Å²) in [7, 11) is 1.88. The van der Waals surface area contributed by atoms with Gasteiger partial charge in [-0.3, -0.25) is 4.79 Å². The van der Waals surface area contributed by atoms with E-state index >= 15 is 0 Å². The Labute approximate surface area is 122 Å². The van der Waals surface area contributed by atoms with Crippen LogP contribution in [-0.4, -0.2) is 60.0 Å². The van der Waals surface area contributed by atoms with Crippen molar-refractivity contribution >= 4 is 28.2 Å². The van der Waals surface area contributed by atoms with Crippen LogP contribution in [0.15, 0.2) is 0 Å². The van der Waals surface area contributed by atoms with E-state index in [0.29, 0.717) is 5.13 Å². The number of rotatable bonds is 6. The molecule has 0 amide bonds. The zero-order chi connectivity index (χ0) is 14.7. The average Bonchev–Trinajstić information content (AvgIpc) is 3.04. The van der Waals surface area contributed by atoms with Crippen LogP contribution in [0.5, 0.6) is 0 Å². The maximum absolute atomic E-state index is 11.5. The van der Waals surface area contributed by atoms with Crippen molar-refractivity contribution < 1.29 is 14.7 Å². The molecule has 20 heavy (non-hydrogen) atoms. The Morgan fingerprint density at radius 1 is 1.40 bits per heavy atom. The predicted octanol–water partition coefficient (Wildman–Crippen LogP) is 1.58. The number of nitrogens with zero attached hydrogens (tertiary/aromatic N) is 3. The molecule has 6 nitrogen and oxygen atoms in total. The van der Waals surface area contributed by atoms with Crippen LogP contribution in [0.1, 0.15) is 39.9 Å². The number of likely N-dealkylation sites (N-methyl/N-ethyl adjacent to an activating group) is 1. The van der Waals surface area contributed by atoms with Crippen LogP contribution < -0.4 is 4.90 Å². The van der Waals surface area contributed by atoms with Crippen LogP contribution in [0.4, 0.5) is 5.13 Å². The van der Waals surface area contributed by atoms with Crippen molar-refractivity contribution in [3.63, 3.8) is 0 Å². The lowest BCUT2D eigenvalue weighted by molar-refractivity contribution is 0.0687. The van der Waals surface area contributed by atoms with Gasteiger partial charge in [0, 0.05) is 27.1 Å². The first-order valence-electron chi connectivity index (χ1n) is 6.67. The predicted molar refractivity (Wildman–Crippen MR) is 78.0 cm³/mol. The molecule has 0 saturated carbocycles. The zero-order valence-corrected chi connectivity index (χ0v) is 12.6. The van der Waals surface area contributed by atoms with Crippen molar-refractivity contribution in [2.75, 3.05) is 38.1 Å². The lowest BCUT2D eigenvalue weighted by atomic mass is 10.3. The van der Waals surface area contributed by atoms with Crippen LogP contribution in [0.2, 0.25) is 0 Å². The zero-order valence-electron chi connectivity index (χ0n) is 11.8. The van der Waals surface area contributed by atoms with Crippen molar-refractivity contribution in [2.45, 2.75) is 19.8 Å². The average molecular weight is 297 g/mol. The van der Waals surface area contributed by atoms with E-state index in [1.165, 1.54) is 19.8 Å². The molecule has 1 aliphatic heterocycles. The molecule has 1 saturated heterocycles. The van der Waals surface area contributed by atoms with Crippen LogP contribution in [0.25, 0.3) is 0 Å². The number of carboxylic acids is 1. The molecule has 0 bridgehead atoms. The first-order valence-corrected chi connectivity index (χ1v) is 7.49. The summed E-state index contributed by atoms with van der Waals surface area (Å²) in [6.07, 6.45) is 2.50. The molecule has 0 aromatic carbocycles. The highest BCUT2D eigenvalue weighted by atomic mass is 32.1. The van der Waals surface area contributed by atoms with Gasteiger partial charge in [-0.15, -0.1) is 0 Å². The van der Waals surface area contributed by atoms with Gasteiger partial charge in [0.15, 0.2) is 16.6 Å². The maximum atomic E-state index is 11.5. The number of Topliss-reactive ketones (excluding diaryl/α,β-unsaturated/α-hetero) is 1. The third-order valence-corrected chi connectivity index (χ3v) is 4.69. The molecule has 1 aromatic heterocycles. The number of carbonyl (C=O) groups is 2. The fraction of sp³-hybridized carbons (Fsp3) is 0.615.